The van der Waals surface area contributed by atoms with E-state index >= 15 is 0 Å². The molecule has 0 unspecified atom stereocenters. The first kappa shape index (κ1) is 17.6. The normalized spacial score (nSPS) is 10.5. The Bertz CT molecular complexity index is 622. The molecule has 23 heavy (non-hydrogen) atoms. The van der Waals surface area contributed by atoms with Crippen molar-refractivity contribution >= 4 is 17.7 Å². The van der Waals surface area contributed by atoms with Crippen LogP contribution < -0.4 is 5.32 Å². The molecule has 1 N–H and O–H groups in total. The minimum Gasteiger partial charge on any atom is -0.355 e. The van der Waals surface area contributed by atoms with Crippen molar-refractivity contribution in [3.05, 3.63) is 70.8 Å². The van der Waals surface area contributed by atoms with Crippen LogP contribution in [0.2, 0.25) is 0 Å². The molecule has 0 atom stereocenters. The fourth-order valence-corrected chi connectivity index (χ4v) is 3.19. The number of nitrogens with one attached hydrogen (secondary N) is 1. The predicted molar refractivity (Wildman–Crippen MR) is 99.9 cm³/mol. The van der Waals surface area contributed by atoms with E-state index in [0.717, 1.165) is 25.1 Å². The Morgan fingerprint density at radius 3 is 2.52 bits per heavy atom. The van der Waals surface area contributed by atoms with Crippen LogP contribution in [0.3, 0.4) is 0 Å². The largest absolute Gasteiger partial charge is 0.355 e. The van der Waals surface area contributed by atoms with E-state index in [1.54, 1.807) is 11.8 Å². The summed E-state index contributed by atoms with van der Waals surface area (Å²) >= 11 is 1.67. The Morgan fingerprint density at radius 1 is 1.00 bits per heavy atom. The van der Waals surface area contributed by atoms with Gasteiger partial charge in [-0.2, -0.15) is 0 Å². The third-order valence-electron chi connectivity index (χ3n) is 3.67. The first-order chi connectivity index (χ1) is 11.1. The summed E-state index contributed by atoms with van der Waals surface area (Å²) in [7, 11) is 0. The summed E-state index contributed by atoms with van der Waals surface area (Å²) in [6.45, 7) is 4.94. The fourth-order valence-electron chi connectivity index (χ4n) is 2.39. The molecule has 0 heterocycles. The van der Waals surface area contributed by atoms with E-state index in [-0.39, 0.29) is 5.91 Å². The van der Waals surface area contributed by atoms with Gasteiger partial charge in [-0.05, 0) is 37.8 Å². The average Bonchev–Trinajstić information content (AvgIpc) is 2.53. The van der Waals surface area contributed by atoms with E-state index in [4.69, 9.17) is 0 Å². The van der Waals surface area contributed by atoms with Crippen LogP contribution in [0, 0.1) is 13.8 Å². The lowest BCUT2D eigenvalue weighted by molar-refractivity contribution is -0.118. The minimum atomic E-state index is 0.131. The molecular formula is C20H25NOS. The number of amides is 1. The molecule has 2 aromatic carbocycles. The number of thioether (sulfide) groups is 1. The summed E-state index contributed by atoms with van der Waals surface area (Å²) in [5.74, 6) is 1.54. The maximum atomic E-state index is 11.8. The second-order valence-corrected chi connectivity index (χ2v) is 6.91. The van der Waals surface area contributed by atoms with E-state index in [1.165, 1.54) is 22.3 Å². The molecule has 0 bridgehead atoms. The van der Waals surface area contributed by atoms with Gasteiger partial charge in [0.05, 0.1) is 5.75 Å². The molecular weight excluding hydrogens is 302 g/mol. The van der Waals surface area contributed by atoms with Crippen LogP contribution in [0.15, 0.2) is 48.5 Å². The van der Waals surface area contributed by atoms with Gasteiger partial charge in [0.1, 0.15) is 0 Å². The van der Waals surface area contributed by atoms with Crippen molar-refractivity contribution in [2.75, 3.05) is 12.3 Å². The molecule has 0 fully saturated rings. The third-order valence-corrected chi connectivity index (χ3v) is 4.67. The van der Waals surface area contributed by atoms with Gasteiger partial charge >= 0.3 is 0 Å². The van der Waals surface area contributed by atoms with Gasteiger partial charge in [0.15, 0.2) is 0 Å². The van der Waals surface area contributed by atoms with Crippen LogP contribution in [0.5, 0.6) is 0 Å². The molecule has 3 heteroatoms. The van der Waals surface area contributed by atoms with Gasteiger partial charge in [-0.25, -0.2) is 0 Å². The van der Waals surface area contributed by atoms with Crippen LogP contribution >= 0.6 is 11.8 Å². The minimum absolute atomic E-state index is 0.131. The van der Waals surface area contributed by atoms with E-state index in [0.29, 0.717) is 5.75 Å². The molecule has 0 spiro atoms. The third kappa shape index (κ3) is 6.91. The van der Waals surface area contributed by atoms with Crippen LogP contribution in [-0.2, 0) is 17.0 Å². The molecule has 2 nitrogen and oxygen atoms in total. The highest BCUT2D eigenvalue weighted by Crippen LogP contribution is 2.13. The molecule has 0 aliphatic heterocycles. The summed E-state index contributed by atoms with van der Waals surface area (Å²) in [6.07, 6.45) is 1.99. The summed E-state index contributed by atoms with van der Waals surface area (Å²) in [5, 5.41) is 3.00. The van der Waals surface area contributed by atoms with Gasteiger partial charge in [0.2, 0.25) is 5.91 Å². The van der Waals surface area contributed by atoms with Crippen molar-refractivity contribution in [2.45, 2.75) is 32.4 Å². The lowest BCUT2D eigenvalue weighted by Gasteiger charge is -2.06. The van der Waals surface area contributed by atoms with E-state index in [2.05, 4.69) is 67.7 Å². The Hall–Kier alpha value is -1.74. The standard InChI is InChI=1S/C20H25NOS/c1-16-8-10-18(11-9-16)7-4-12-21-20(22)15-23-14-19-6-3-5-17(2)13-19/h3,5-6,8-11,13H,4,7,12,14-15H2,1-2H3,(H,21,22). The van der Waals surface area contributed by atoms with Crippen molar-refractivity contribution in [2.24, 2.45) is 0 Å². The topological polar surface area (TPSA) is 29.1 Å². The maximum Gasteiger partial charge on any atom is 0.230 e. The van der Waals surface area contributed by atoms with Crippen LogP contribution in [0.1, 0.15) is 28.7 Å². The number of carbonyl (C=O) groups is 1. The number of benzene rings is 2. The summed E-state index contributed by atoms with van der Waals surface area (Å²) < 4.78 is 0. The predicted octanol–water partition coefficient (Wildman–Crippen LogP) is 4.29. The van der Waals surface area contributed by atoms with Gasteiger partial charge in [0, 0.05) is 12.3 Å². The van der Waals surface area contributed by atoms with Crippen molar-refractivity contribution in [1.29, 1.82) is 0 Å². The SMILES string of the molecule is Cc1ccc(CCCNC(=O)CSCc2cccc(C)c2)cc1. The van der Waals surface area contributed by atoms with E-state index < -0.39 is 0 Å². The fraction of sp³-hybridized carbons (Fsp3) is 0.350. The monoisotopic (exact) mass is 327 g/mol. The summed E-state index contributed by atoms with van der Waals surface area (Å²) in [6, 6.07) is 17.0. The highest BCUT2D eigenvalue weighted by atomic mass is 32.2. The van der Waals surface area contributed by atoms with Crippen LogP contribution in [-0.4, -0.2) is 18.2 Å². The van der Waals surface area contributed by atoms with Crippen molar-refractivity contribution in [1.82, 2.24) is 5.32 Å². The second-order valence-electron chi connectivity index (χ2n) is 5.92. The molecule has 2 rings (SSSR count). The number of carbonyl (C=O) groups excluding carboxylic acids is 1. The molecule has 0 saturated heterocycles. The van der Waals surface area contributed by atoms with Crippen molar-refractivity contribution < 1.29 is 4.79 Å². The second kappa shape index (κ2) is 9.41. The smallest absolute Gasteiger partial charge is 0.230 e. The van der Waals surface area contributed by atoms with Gasteiger partial charge in [-0.1, -0.05) is 59.7 Å². The maximum absolute atomic E-state index is 11.8. The van der Waals surface area contributed by atoms with E-state index in [9.17, 15) is 4.79 Å². The molecule has 0 aliphatic carbocycles. The van der Waals surface area contributed by atoms with Gasteiger partial charge < -0.3 is 5.32 Å². The number of aryl methyl sites for hydroxylation is 3. The molecule has 0 aromatic heterocycles. The summed E-state index contributed by atoms with van der Waals surface area (Å²) in [5.41, 5.74) is 5.16. The van der Waals surface area contributed by atoms with Gasteiger partial charge in [-0.15, -0.1) is 11.8 Å². The average molecular weight is 327 g/mol. The van der Waals surface area contributed by atoms with Gasteiger partial charge in [-0.3, -0.25) is 4.79 Å². The Labute approximate surface area is 143 Å². The number of rotatable bonds is 8. The molecule has 122 valence electrons. The van der Waals surface area contributed by atoms with Crippen molar-refractivity contribution in [3.8, 4) is 0 Å². The first-order valence-electron chi connectivity index (χ1n) is 8.09. The van der Waals surface area contributed by atoms with E-state index in [1.807, 2.05) is 0 Å². The lowest BCUT2D eigenvalue weighted by atomic mass is 10.1. The van der Waals surface area contributed by atoms with Crippen LogP contribution in [0.25, 0.3) is 0 Å². The Balaban J connectivity index is 1.57. The Kier molecular flexibility index (Phi) is 7.21. The summed E-state index contributed by atoms with van der Waals surface area (Å²) in [4.78, 5) is 11.8. The molecule has 0 aliphatic rings. The first-order valence-corrected chi connectivity index (χ1v) is 9.24. The Morgan fingerprint density at radius 2 is 1.78 bits per heavy atom. The molecule has 2 aromatic rings. The highest BCUT2D eigenvalue weighted by Gasteiger charge is 2.02. The number of hydrogen-bond acceptors (Lipinski definition) is 2. The number of hydrogen-bond donors (Lipinski definition) is 1. The van der Waals surface area contributed by atoms with Crippen molar-refractivity contribution in [3.63, 3.8) is 0 Å². The lowest BCUT2D eigenvalue weighted by Crippen LogP contribution is -2.26. The molecule has 0 radical (unpaired) electrons. The molecule has 0 saturated carbocycles. The van der Waals surface area contributed by atoms with Crippen LogP contribution in [0.4, 0.5) is 0 Å². The van der Waals surface area contributed by atoms with Gasteiger partial charge in [0.25, 0.3) is 0 Å². The quantitative estimate of drug-likeness (QED) is 0.733. The zero-order valence-corrected chi connectivity index (χ0v) is 14.8. The zero-order valence-electron chi connectivity index (χ0n) is 14.0. The zero-order chi connectivity index (χ0) is 16.5. The molecule has 1 amide bonds. The highest BCUT2D eigenvalue weighted by molar-refractivity contribution is 7.99.